The Hall–Kier alpha value is -2.18. The van der Waals surface area contributed by atoms with Gasteiger partial charge in [-0.15, -0.1) is 0 Å². The first-order chi connectivity index (χ1) is 12.0. The first-order valence-electron chi connectivity index (χ1n) is 7.58. The molecule has 0 saturated heterocycles. The van der Waals surface area contributed by atoms with Gasteiger partial charge in [-0.1, -0.05) is 23.7 Å². The molecule has 2 amide bonds. The monoisotopic (exact) mass is 421 g/mol. The lowest BCUT2D eigenvalue weighted by Crippen LogP contribution is -2.31. The van der Waals surface area contributed by atoms with Gasteiger partial charge in [0.1, 0.15) is 5.75 Å². The maximum Gasteiger partial charge on any atom is 0.311 e. The maximum atomic E-state index is 12.2. The van der Waals surface area contributed by atoms with Gasteiger partial charge in [-0.2, -0.15) is 0 Å². The van der Waals surface area contributed by atoms with Crippen LogP contribution in [0.2, 0.25) is 5.02 Å². The average Bonchev–Trinajstić information content (AvgIpc) is 2.83. The molecule has 0 bridgehead atoms. The number of hydrogen-bond acceptors (Lipinski definition) is 4. The lowest BCUT2D eigenvalue weighted by atomic mass is 10.1. The molecule has 0 fully saturated rings. The fourth-order valence-electron chi connectivity index (χ4n) is 2.56. The second-order valence-electron chi connectivity index (χ2n) is 5.46. The lowest BCUT2D eigenvalue weighted by Gasteiger charge is -2.13. The number of amides is 2. The van der Waals surface area contributed by atoms with Crippen LogP contribution in [-0.4, -0.2) is 29.2 Å². The van der Waals surface area contributed by atoms with Gasteiger partial charge >= 0.3 is 5.97 Å². The second-order valence-corrected chi connectivity index (χ2v) is 6.75. The van der Waals surface area contributed by atoms with Crippen molar-refractivity contribution in [3.05, 3.63) is 63.1 Å². The summed E-state index contributed by atoms with van der Waals surface area (Å²) in [6.45, 7) is 0.170. The summed E-state index contributed by atoms with van der Waals surface area (Å²) in [5, 5.41) is 0.525. The van der Waals surface area contributed by atoms with Crippen LogP contribution in [-0.2, 0) is 4.79 Å². The van der Waals surface area contributed by atoms with Crippen LogP contribution in [0.3, 0.4) is 0 Å². The van der Waals surface area contributed by atoms with Crippen LogP contribution in [0.1, 0.15) is 33.6 Å². The summed E-state index contributed by atoms with van der Waals surface area (Å²) >= 11 is 9.11. The molecular weight excluding hydrogens is 410 g/mol. The highest BCUT2D eigenvalue weighted by molar-refractivity contribution is 9.10. The fourth-order valence-corrected chi connectivity index (χ4v) is 3.32. The molecule has 3 rings (SSSR count). The zero-order valence-corrected chi connectivity index (χ0v) is 15.3. The minimum atomic E-state index is -0.445. The summed E-state index contributed by atoms with van der Waals surface area (Å²) < 4.78 is 5.83. The minimum absolute atomic E-state index is 0.0858. The summed E-state index contributed by atoms with van der Waals surface area (Å²) in [7, 11) is 0. The molecule has 0 atom stereocenters. The number of imide groups is 1. The van der Waals surface area contributed by atoms with E-state index in [0.29, 0.717) is 32.8 Å². The average molecular weight is 423 g/mol. The van der Waals surface area contributed by atoms with E-state index < -0.39 is 5.97 Å². The number of nitrogens with zero attached hydrogens (tertiary/aromatic N) is 1. The Balaban J connectivity index is 1.54. The van der Waals surface area contributed by atoms with Crippen molar-refractivity contribution in [3.63, 3.8) is 0 Å². The van der Waals surface area contributed by atoms with E-state index in [1.165, 1.54) is 0 Å². The Morgan fingerprint density at radius 1 is 1.08 bits per heavy atom. The van der Waals surface area contributed by atoms with Gasteiger partial charge in [0, 0.05) is 18.0 Å². The van der Waals surface area contributed by atoms with Crippen LogP contribution >= 0.6 is 27.5 Å². The molecule has 25 heavy (non-hydrogen) atoms. The Morgan fingerprint density at radius 3 is 2.32 bits per heavy atom. The zero-order chi connectivity index (χ0) is 18.0. The van der Waals surface area contributed by atoms with Crippen molar-refractivity contribution in [3.8, 4) is 5.75 Å². The van der Waals surface area contributed by atoms with Gasteiger partial charge < -0.3 is 4.74 Å². The number of ether oxygens (including phenoxy) is 1. The SMILES string of the molecule is O=C(CCCN1C(=O)c2ccccc2C1=O)Oc1ccc(Cl)cc1Br. The van der Waals surface area contributed by atoms with Crippen molar-refractivity contribution in [1.82, 2.24) is 4.90 Å². The minimum Gasteiger partial charge on any atom is -0.425 e. The molecule has 5 nitrogen and oxygen atoms in total. The highest BCUT2D eigenvalue weighted by atomic mass is 79.9. The second kappa shape index (κ2) is 7.37. The van der Waals surface area contributed by atoms with E-state index in [-0.39, 0.29) is 24.8 Å². The predicted molar refractivity (Wildman–Crippen MR) is 95.8 cm³/mol. The summed E-state index contributed by atoms with van der Waals surface area (Å²) in [5.74, 6) is -0.724. The molecule has 0 radical (unpaired) electrons. The van der Waals surface area contributed by atoms with Crippen LogP contribution in [0, 0.1) is 0 Å². The third kappa shape index (κ3) is 3.75. The molecule has 7 heteroatoms. The molecule has 0 aliphatic carbocycles. The highest BCUT2D eigenvalue weighted by Gasteiger charge is 2.34. The van der Waals surface area contributed by atoms with Gasteiger partial charge in [-0.05, 0) is 52.7 Å². The van der Waals surface area contributed by atoms with Crippen LogP contribution in [0.5, 0.6) is 5.75 Å². The molecule has 0 N–H and O–H groups in total. The predicted octanol–water partition coefficient (Wildman–Crippen LogP) is 4.08. The van der Waals surface area contributed by atoms with Gasteiger partial charge in [0.25, 0.3) is 11.8 Å². The van der Waals surface area contributed by atoms with Crippen molar-refractivity contribution in [2.45, 2.75) is 12.8 Å². The van der Waals surface area contributed by atoms with Gasteiger partial charge in [0.2, 0.25) is 0 Å². The summed E-state index contributed by atoms with van der Waals surface area (Å²) in [6.07, 6.45) is 0.415. The van der Waals surface area contributed by atoms with Crippen molar-refractivity contribution >= 4 is 45.3 Å². The number of benzene rings is 2. The van der Waals surface area contributed by atoms with Crippen molar-refractivity contribution in [2.24, 2.45) is 0 Å². The number of carbonyl (C=O) groups is 3. The Morgan fingerprint density at radius 2 is 1.72 bits per heavy atom. The lowest BCUT2D eigenvalue weighted by molar-refractivity contribution is -0.134. The van der Waals surface area contributed by atoms with Crippen LogP contribution in [0.4, 0.5) is 0 Å². The molecular formula is C18H13BrClNO4. The number of fused-ring (bicyclic) bond motifs is 1. The van der Waals surface area contributed by atoms with Crippen LogP contribution < -0.4 is 4.74 Å². The van der Waals surface area contributed by atoms with Crippen molar-refractivity contribution in [2.75, 3.05) is 6.54 Å². The quantitative estimate of drug-likeness (QED) is 0.414. The van der Waals surface area contributed by atoms with E-state index in [4.69, 9.17) is 16.3 Å². The summed E-state index contributed by atoms with van der Waals surface area (Å²) in [4.78, 5) is 37.5. The summed E-state index contributed by atoms with van der Waals surface area (Å²) in [5.41, 5.74) is 0.806. The van der Waals surface area contributed by atoms with Crippen molar-refractivity contribution < 1.29 is 19.1 Å². The molecule has 0 spiro atoms. The van der Waals surface area contributed by atoms with Gasteiger partial charge in [-0.3, -0.25) is 19.3 Å². The Labute approximate surface area is 157 Å². The number of esters is 1. The molecule has 2 aromatic carbocycles. The van der Waals surface area contributed by atoms with Gasteiger partial charge in [-0.25, -0.2) is 0 Å². The topological polar surface area (TPSA) is 63.7 Å². The molecule has 1 heterocycles. The molecule has 0 aromatic heterocycles. The third-order valence-corrected chi connectivity index (χ3v) is 4.61. The Kier molecular flexibility index (Phi) is 5.20. The Bertz CT molecular complexity index is 833. The molecule has 1 aliphatic heterocycles. The zero-order valence-electron chi connectivity index (χ0n) is 13.0. The van der Waals surface area contributed by atoms with Crippen molar-refractivity contribution in [1.29, 1.82) is 0 Å². The molecule has 128 valence electrons. The van der Waals surface area contributed by atoms with Gasteiger partial charge in [0.05, 0.1) is 15.6 Å². The van der Waals surface area contributed by atoms with Crippen LogP contribution in [0.25, 0.3) is 0 Å². The molecule has 0 saturated carbocycles. The normalized spacial score (nSPS) is 13.1. The van der Waals surface area contributed by atoms with E-state index >= 15 is 0 Å². The first-order valence-corrected chi connectivity index (χ1v) is 8.75. The van der Waals surface area contributed by atoms with E-state index in [2.05, 4.69) is 15.9 Å². The molecule has 2 aromatic rings. The molecule has 0 unspecified atom stereocenters. The van der Waals surface area contributed by atoms with Gasteiger partial charge in [0.15, 0.2) is 0 Å². The largest absolute Gasteiger partial charge is 0.425 e. The smallest absolute Gasteiger partial charge is 0.311 e. The van der Waals surface area contributed by atoms with E-state index in [1.807, 2.05) is 0 Å². The number of halogens is 2. The highest BCUT2D eigenvalue weighted by Crippen LogP contribution is 2.28. The fraction of sp³-hybridized carbons (Fsp3) is 0.167. The summed E-state index contributed by atoms with van der Waals surface area (Å²) in [6, 6.07) is 11.5. The standard InChI is InChI=1S/C18H13BrClNO4/c19-14-10-11(20)7-8-15(14)25-16(22)6-3-9-21-17(23)12-4-1-2-5-13(12)18(21)24/h1-2,4-5,7-8,10H,3,6,9H2. The maximum absolute atomic E-state index is 12.2. The van der Waals surface area contributed by atoms with Crippen LogP contribution in [0.15, 0.2) is 46.9 Å². The van der Waals surface area contributed by atoms with E-state index in [9.17, 15) is 14.4 Å². The molecule has 1 aliphatic rings. The van der Waals surface area contributed by atoms with E-state index in [0.717, 1.165) is 4.90 Å². The number of carbonyl (C=O) groups excluding carboxylic acids is 3. The third-order valence-electron chi connectivity index (χ3n) is 3.76. The first kappa shape index (κ1) is 17.6. The number of hydrogen-bond donors (Lipinski definition) is 0. The number of rotatable bonds is 5. The van der Waals surface area contributed by atoms with E-state index in [1.54, 1.807) is 42.5 Å².